The molecule has 0 aliphatic carbocycles. The van der Waals surface area contributed by atoms with Crippen molar-refractivity contribution < 1.29 is 18.1 Å². The Labute approximate surface area is 165 Å². The van der Waals surface area contributed by atoms with Gasteiger partial charge in [0.25, 0.3) is 6.43 Å². The van der Waals surface area contributed by atoms with Crippen LogP contribution in [0.15, 0.2) is 34.9 Å². The quantitative estimate of drug-likeness (QED) is 0.702. The van der Waals surface area contributed by atoms with Gasteiger partial charge in [-0.25, -0.2) is 18.7 Å². The zero-order valence-electron chi connectivity index (χ0n) is 15.8. The summed E-state index contributed by atoms with van der Waals surface area (Å²) in [5, 5.41) is 7.18. The van der Waals surface area contributed by atoms with Crippen LogP contribution >= 0.6 is 0 Å². The van der Waals surface area contributed by atoms with Gasteiger partial charge in [0.1, 0.15) is 11.6 Å². The van der Waals surface area contributed by atoms with Crippen LogP contribution in [0.2, 0.25) is 0 Å². The third-order valence-electron chi connectivity index (χ3n) is 4.73. The summed E-state index contributed by atoms with van der Waals surface area (Å²) in [4.78, 5) is 24.2. The van der Waals surface area contributed by atoms with Crippen molar-refractivity contribution >= 4 is 28.4 Å². The standard InChI is InChI=1S/C19H20F2N6O2/c1-12-10-15(25-29-12)23-16(28)11-26-6-8-27(9-7-26)19-13-4-2-3-5-14(13)22-18(24-19)17(20)21/h2-5,10,17H,6-9,11H2,1H3,(H,23,25,28). The van der Waals surface area contributed by atoms with Gasteiger partial charge in [0.05, 0.1) is 12.1 Å². The minimum atomic E-state index is -2.73. The van der Waals surface area contributed by atoms with E-state index in [0.717, 1.165) is 5.39 Å². The molecule has 1 aliphatic rings. The number of hydrogen-bond acceptors (Lipinski definition) is 7. The molecule has 0 spiro atoms. The molecule has 1 N–H and O–H groups in total. The lowest BCUT2D eigenvalue weighted by atomic mass is 10.2. The lowest BCUT2D eigenvalue weighted by molar-refractivity contribution is -0.117. The maximum atomic E-state index is 13.2. The number of nitrogens with one attached hydrogen (secondary N) is 1. The Bertz CT molecular complexity index is 1020. The first kappa shape index (κ1) is 19.2. The third-order valence-corrected chi connectivity index (χ3v) is 4.73. The van der Waals surface area contributed by atoms with E-state index in [1.54, 1.807) is 25.1 Å². The second-order valence-corrected chi connectivity index (χ2v) is 6.86. The molecule has 1 saturated heterocycles. The zero-order valence-corrected chi connectivity index (χ0v) is 15.8. The predicted molar refractivity (Wildman–Crippen MR) is 103 cm³/mol. The molecule has 0 saturated carbocycles. The van der Waals surface area contributed by atoms with Crippen molar-refractivity contribution in [2.24, 2.45) is 0 Å². The molecule has 4 rings (SSSR count). The normalized spacial score (nSPS) is 15.2. The van der Waals surface area contributed by atoms with E-state index in [-0.39, 0.29) is 12.5 Å². The molecule has 1 amide bonds. The lowest BCUT2D eigenvalue weighted by Gasteiger charge is -2.35. The monoisotopic (exact) mass is 402 g/mol. The Hall–Kier alpha value is -3.14. The van der Waals surface area contributed by atoms with E-state index < -0.39 is 12.2 Å². The molecule has 0 radical (unpaired) electrons. The average molecular weight is 402 g/mol. The number of fused-ring (bicyclic) bond motifs is 1. The van der Waals surface area contributed by atoms with Gasteiger partial charge in [0.15, 0.2) is 11.6 Å². The number of carbonyl (C=O) groups is 1. The summed E-state index contributed by atoms with van der Waals surface area (Å²) in [5.74, 6) is 0.864. The average Bonchev–Trinajstić information content (AvgIpc) is 3.12. The molecule has 29 heavy (non-hydrogen) atoms. The number of aromatic nitrogens is 3. The molecule has 0 atom stereocenters. The molecule has 10 heteroatoms. The molecule has 8 nitrogen and oxygen atoms in total. The summed E-state index contributed by atoms with van der Waals surface area (Å²) in [6, 6.07) is 8.79. The van der Waals surface area contributed by atoms with Crippen LogP contribution in [-0.4, -0.2) is 58.7 Å². The molecule has 1 fully saturated rings. The SMILES string of the molecule is Cc1cc(NC(=O)CN2CCN(c3nc(C(F)F)nc4ccccc34)CC2)no1. The summed E-state index contributed by atoms with van der Waals surface area (Å²) in [5.41, 5.74) is 0.498. The summed E-state index contributed by atoms with van der Waals surface area (Å²) >= 11 is 0. The van der Waals surface area contributed by atoms with Crippen molar-refractivity contribution in [3.63, 3.8) is 0 Å². The Morgan fingerprint density at radius 3 is 2.66 bits per heavy atom. The summed E-state index contributed by atoms with van der Waals surface area (Å²) < 4.78 is 31.4. The largest absolute Gasteiger partial charge is 0.360 e. The number of piperazine rings is 1. The topological polar surface area (TPSA) is 87.4 Å². The Morgan fingerprint density at radius 2 is 1.97 bits per heavy atom. The van der Waals surface area contributed by atoms with Crippen LogP contribution in [0.1, 0.15) is 18.0 Å². The first-order valence-electron chi connectivity index (χ1n) is 9.25. The van der Waals surface area contributed by atoms with Gasteiger partial charge in [0, 0.05) is 37.6 Å². The van der Waals surface area contributed by atoms with Crippen LogP contribution < -0.4 is 10.2 Å². The van der Waals surface area contributed by atoms with Crippen LogP contribution in [-0.2, 0) is 4.79 Å². The number of anilines is 2. The smallest absolute Gasteiger partial charge is 0.297 e. The highest BCUT2D eigenvalue weighted by molar-refractivity contribution is 5.91. The molecular weight excluding hydrogens is 382 g/mol. The molecule has 1 aliphatic heterocycles. The minimum Gasteiger partial charge on any atom is -0.360 e. The molecule has 1 aromatic carbocycles. The Kier molecular flexibility index (Phi) is 5.34. The molecule has 2 aromatic heterocycles. The van der Waals surface area contributed by atoms with Crippen LogP contribution in [0.3, 0.4) is 0 Å². The highest BCUT2D eigenvalue weighted by atomic mass is 19.3. The van der Waals surface area contributed by atoms with Crippen LogP contribution in [0.4, 0.5) is 20.4 Å². The fraction of sp³-hybridized carbons (Fsp3) is 0.368. The number of halogens is 2. The fourth-order valence-electron chi connectivity index (χ4n) is 3.34. The van der Waals surface area contributed by atoms with E-state index >= 15 is 0 Å². The molecule has 3 heterocycles. The van der Waals surface area contributed by atoms with E-state index in [9.17, 15) is 13.6 Å². The maximum Gasteiger partial charge on any atom is 0.297 e. The molecular formula is C19H20F2N6O2. The van der Waals surface area contributed by atoms with Crippen molar-refractivity contribution in [1.29, 1.82) is 0 Å². The van der Waals surface area contributed by atoms with Gasteiger partial charge in [-0.1, -0.05) is 17.3 Å². The van der Waals surface area contributed by atoms with Crippen molar-refractivity contribution in [3.05, 3.63) is 41.9 Å². The van der Waals surface area contributed by atoms with E-state index in [1.807, 2.05) is 21.9 Å². The summed E-state index contributed by atoms with van der Waals surface area (Å²) in [6.07, 6.45) is -2.73. The van der Waals surface area contributed by atoms with Gasteiger partial charge < -0.3 is 14.7 Å². The highest BCUT2D eigenvalue weighted by Crippen LogP contribution is 2.27. The molecule has 0 bridgehead atoms. The van der Waals surface area contributed by atoms with Gasteiger partial charge in [-0.15, -0.1) is 0 Å². The van der Waals surface area contributed by atoms with Crippen LogP contribution in [0, 0.1) is 6.92 Å². The van der Waals surface area contributed by atoms with Crippen LogP contribution in [0.5, 0.6) is 0 Å². The van der Waals surface area contributed by atoms with Gasteiger partial charge in [0.2, 0.25) is 5.91 Å². The minimum absolute atomic E-state index is 0.181. The van der Waals surface area contributed by atoms with Crippen molar-refractivity contribution in [2.75, 3.05) is 42.9 Å². The second-order valence-electron chi connectivity index (χ2n) is 6.86. The fourth-order valence-corrected chi connectivity index (χ4v) is 3.34. The Balaban J connectivity index is 1.42. The lowest BCUT2D eigenvalue weighted by Crippen LogP contribution is -2.49. The maximum absolute atomic E-state index is 13.2. The third kappa shape index (κ3) is 4.32. The summed E-state index contributed by atoms with van der Waals surface area (Å²) in [6.45, 7) is 4.31. The molecule has 0 unspecified atom stereocenters. The van der Waals surface area contributed by atoms with E-state index in [0.29, 0.717) is 49.1 Å². The van der Waals surface area contributed by atoms with Crippen molar-refractivity contribution in [3.8, 4) is 0 Å². The number of carbonyl (C=O) groups excluding carboxylic acids is 1. The molecule has 3 aromatic rings. The van der Waals surface area contributed by atoms with E-state index in [2.05, 4.69) is 20.4 Å². The van der Waals surface area contributed by atoms with Gasteiger partial charge in [-0.2, -0.15) is 0 Å². The first-order valence-corrected chi connectivity index (χ1v) is 9.25. The Morgan fingerprint density at radius 1 is 1.21 bits per heavy atom. The van der Waals surface area contributed by atoms with Gasteiger partial charge in [-0.3, -0.25) is 9.69 Å². The number of rotatable bonds is 5. The van der Waals surface area contributed by atoms with Crippen LogP contribution in [0.25, 0.3) is 10.9 Å². The van der Waals surface area contributed by atoms with Crippen molar-refractivity contribution in [2.45, 2.75) is 13.3 Å². The van der Waals surface area contributed by atoms with Gasteiger partial charge >= 0.3 is 0 Å². The van der Waals surface area contributed by atoms with Gasteiger partial charge in [-0.05, 0) is 19.1 Å². The number of amides is 1. The zero-order chi connectivity index (χ0) is 20.4. The molecule has 152 valence electrons. The number of hydrogen-bond donors (Lipinski definition) is 1. The number of para-hydroxylation sites is 1. The highest BCUT2D eigenvalue weighted by Gasteiger charge is 2.24. The van der Waals surface area contributed by atoms with Crippen molar-refractivity contribution in [1.82, 2.24) is 20.0 Å². The predicted octanol–water partition coefficient (Wildman–Crippen LogP) is 2.62. The van der Waals surface area contributed by atoms with E-state index in [1.165, 1.54) is 0 Å². The summed E-state index contributed by atoms with van der Waals surface area (Å²) in [7, 11) is 0. The van der Waals surface area contributed by atoms with E-state index in [4.69, 9.17) is 4.52 Å². The first-order chi connectivity index (χ1) is 14.0. The second kappa shape index (κ2) is 8.08. The number of alkyl halides is 2. The number of aryl methyl sites for hydroxylation is 1. The number of nitrogens with zero attached hydrogens (tertiary/aromatic N) is 5. The number of benzene rings is 1.